The lowest BCUT2D eigenvalue weighted by atomic mass is 10.1. The number of nitrogens with two attached hydrogens (primary N) is 1. The van der Waals surface area contributed by atoms with Gasteiger partial charge < -0.3 is 16.0 Å². The van der Waals surface area contributed by atoms with Gasteiger partial charge in [0.25, 0.3) is 0 Å². The number of hydrogen-bond donors (Lipinski definition) is 2. The summed E-state index contributed by atoms with van der Waals surface area (Å²) in [6, 6.07) is 13.0. The third-order valence-electron chi connectivity index (χ3n) is 4.93. The molecule has 3 rings (SSSR count). The number of benzene rings is 1. The van der Waals surface area contributed by atoms with E-state index in [-0.39, 0.29) is 24.0 Å². The first-order chi connectivity index (χ1) is 13.2. The Morgan fingerprint density at radius 3 is 2.64 bits per heavy atom. The van der Waals surface area contributed by atoms with Crippen molar-refractivity contribution in [1.29, 1.82) is 0 Å². The molecular weight excluding hydrogens is 481 g/mol. The van der Waals surface area contributed by atoms with Gasteiger partial charge in [-0.25, -0.2) is 4.99 Å². The summed E-state index contributed by atoms with van der Waals surface area (Å²) < 4.78 is 0. The van der Waals surface area contributed by atoms with Gasteiger partial charge in [0.05, 0.1) is 6.54 Å². The zero-order valence-electron chi connectivity index (χ0n) is 16.6. The molecule has 5 nitrogen and oxygen atoms in total. The standard InChI is InChI=1S/C21H31N5S.HI/c1-25-11-3-12-26(14-13-25)17-19-7-5-18(6-8-19)16-24-21(22)23-10-9-20-4-2-15-27-20;/h2,4-8,15H,3,9-14,16-17H2,1H3,(H3,22,23,24);1H. The molecule has 2 heterocycles. The summed E-state index contributed by atoms with van der Waals surface area (Å²) in [5.41, 5.74) is 8.53. The van der Waals surface area contributed by atoms with Crippen molar-refractivity contribution in [1.82, 2.24) is 15.1 Å². The summed E-state index contributed by atoms with van der Waals surface area (Å²) >= 11 is 1.77. The van der Waals surface area contributed by atoms with E-state index in [1.54, 1.807) is 11.3 Å². The molecule has 28 heavy (non-hydrogen) atoms. The van der Waals surface area contributed by atoms with Crippen LogP contribution in [0.2, 0.25) is 0 Å². The molecule has 1 aromatic heterocycles. The summed E-state index contributed by atoms with van der Waals surface area (Å²) in [6.45, 7) is 7.16. The molecule has 3 N–H and O–H groups in total. The van der Waals surface area contributed by atoms with Crippen LogP contribution in [0.5, 0.6) is 0 Å². The average Bonchev–Trinajstić information content (AvgIpc) is 3.10. The largest absolute Gasteiger partial charge is 0.370 e. The monoisotopic (exact) mass is 513 g/mol. The fraction of sp³-hybridized carbons (Fsp3) is 0.476. The first-order valence-corrected chi connectivity index (χ1v) is 10.6. The van der Waals surface area contributed by atoms with Crippen LogP contribution in [0.4, 0.5) is 0 Å². The molecule has 1 aliphatic rings. The number of nitrogens with zero attached hydrogens (tertiary/aromatic N) is 3. The van der Waals surface area contributed by atoms with Gasteiger partial charge >= 0.3 is 0 Å². The number of nitrogens with one attached hydrogen (secondary N) is 1. The van der Waals surface area contributed by atoms with Crippen LogP contribution in [0.15, 0.2) is 46.8 Å². The quantitative estimate of drug-likeness (QED) is 0.340. The minimum atomic E-state index is 0. The Labute approximate surface area is 190 Å². The molecule has 0 amide bonds. The molecule has 154 valence electrons. The number of likely N-dealkylation sites (N-methyl/N-ethyl adjacent to an activating group) is 1. The van der Waals surface area contributed by atoms with Crippen LogP contribution in [0.1, 0.15) is 22.4 Å². The van der Waals surface area contributed by atoms with Crippen LogP contribution in [0.25, 0.3) is 0 Å². The highest BCUT2D eigenvalue weighted by Crippen LogP contribution is 2.11. The molecule has 1 saturated heterocycles. The van der Waals surface area contributed by atoms with Crippen molar-refractivity contribution >= 4 is 41.3 Å². The normalized spacial score (nSPS) is 16.4. The molecular formula is C21H32IN5S. The Bertz CT molecular complexity index is 702. The van der Waals surface area contributed by atoms with E-state index in [9.17, 15) is 0 Å². The van der Waals surface area contributed by atoms with E-state index in [0.717, 1.165) is 32.6 Å². The second kappa shape index (κ2) is 12.4. The van der Waals surface area contributed by atoms with Crippen LogP contribution >= 0.6 is 35.3 Å². The first-order valence-electron chi connectivity index (χ1n) is 9.74. The number of guanidine groups is 1. The lowest BCUT2D eigenvalue weighted by Crippen LogP contribution is -2.33. The van der Waals surface area contributed by atoms with Gasteiger partial charge in [-0.15, -0.1) is 35.3 Å². The van der Waals surface area contributed by atoms with Crippen LogP contribution in [0.3, 0.4) is 0 Å². The Kier molecular flexibility index (Phi) is 10.3. The van der Waals surface area contributed by atoms with Crippen molar-refractivity contribution in [2.45, 2.75) is 25.9 Å². The molecule has 0 spiro atoms. The Balaban J connectivity index is 0.00000280. The predicted octanol–water partition coefficient (Wildman–Crippen LogP) is 3.15. The summed E-state index contributed by atoms with van der Waals surface area (Å²) in [5, 5.41) is 5.29. The van der Waals surface area contributed by atoms with E-state index in [0.29, 0.717) is 12.5 Å². The van der Waals surface area contributed by atoms with E-state index in [1.165, 1.54) is 35.5 Å². The summed E-state index contributed by atoms with van der Waals surface area (Å²) in [6.07, 6.45) is 2.23. The van der Waals surface area contributed by atoms with Crippen molar-refractivity contribution in [2.75, 3.05) is 39.8 Å². The second-order valence-corrected chi connectivity index (χ2v) is 8.24. The van der Waals surface area contributed by atoms with Gasteiger partial charge in [0.2, 0.25) is 0 Å². The zero-order chi connectivity index (χ0) is 18.9. The fourth-order valence-corrected chi connectivity index (χ4v) is 3.98. The Morgan fingerprint density at radius 2 is 1.89 bits per heavy atom. The maximum absolute atomic E-state index is 5.97. The maximum Gasteiger partial charge on any atom is 0.188 e. The van der Waals surface area contributed by atoms with Gasteiger partial charge in [-0.2, -0.15) is 0 Å². The summed E-state index contributed by atoms with van der Waals surface area (Å²) in [7, 11) is 2.21. The Hall–Kier alpha value is -1.16. The van der Waals surface area contributed by atoms with Crippen molar-refractivity contribution in [3.8, 4) is 0 Å². The summed E-state index contributed by atoms with van der Waals surface area (Å²) in [5.74, 6) is 0.518. The van der Waals surface area contributed by atoms with Crippen LogP contribution in [-0.2, 0) is 19.5 Å². The molecule has 0 atom stereocenters. The van der Waals surface area contributed by atoms with Crippen molar-refractivity contribution in [3.05, 3.63) is 57.8 Å². The summed E-state index contributed by atoms with van der Waals surface area (Å²) in [4.78, 5) is 10.8. The van der Waals surface area contributed by atoms with Crippen LogP contribution in [0, 0.1) is 0 Å². The molecule has 1 fully saturated rings. The highest BCUT2D eigenvalue weighted by Gasteiger charge is 2.12. The first kappa shape index (κ1) is 23.1. The minimum Gasteiger partial charge on any atom is -0.370 e. The number of aliphatic imine (C=N–C) groups is 1. The van der Waals surface area contributed by atoms with E-state index >= 15 is 0 Å². The maximum atomic E-state index is 5.97. The fourth-order valence-electron chi connectivity index (χ4n) is 3.27. The number of hydrogen-bond acceptors (Lipinski definition) is 4. The molecule has 0 unspecified atom stereocenters. The van der Waals surface area contributed by atoms with E-state index in [2.05, 4.69) is 68.9 Å². The van der Waals surface area contributed by atoms with Crippen LogP contribution < -0.4 is 11.1 Å². The average molecular weight is 513 g/mol. The van der Waals surface area contributed by atoms with Gasteiger partial charge in [-0.3, -0.25) is 4.90 Å². The van der Waals surface area contributed by atoms with Gasteiger partial charge in [-0.1, -0.05) is 30.3 Å². The molecule has 1 aliphatic heterocycles. The van der Waals surface area contributed by atoms with Crippen LogP contribution in [-0.4, -0.2) is 55.5 Å². The van der Waals surface area contributed by atoms with Gasteiger partial charge in [0.15, 0.2) is 5.96 Å². The third-order valence-corrected chi connectivity index (χ3v) is 5.87. The second-order valence-electron chi connectivity index (χ2n) is 7.21. The lowest BCUT2D eigenvalue weighted by molar-refractivity contribution is 0.269. The van der Waals surface area contributed by atoms with Gasteiger partial charge in [0.1, 0.15) is 0 Å². The predicted molar refractivity (Wildman–Crippen MR) is 131 cm³/mol. The molecule has 1 aromatic carbocycles. The number of rotatable bonds is 7. The van der Waals surface area contributed by atoms with E-state index in [4.69, 9.17) is 5.73 Å². The van der Waals surface area contributed by atoms with Gasteiger partial charge in [0, 0.05) is 31.1 Å². The Morgan fingerprint density at radius 1 is 1.11 bits per heavy atom. The topological polar surface area (TPSA) is 56.9 Å². The van der Waals surface area contributed by atoms with Crippen molar-refractivity contribution < 1.29 is 0 Å². The smallest absolute Gasteiger partial charge is 0.188 e. The molecule has 0 radical (unpaired) electrons. The highest BCUT2D eigenvalue weighted by atomic mass is 127. The number of halogens is 1. The SMILES string of the molecule is CN1CCCN(Cc2ccc(CN=C(N)NCCc3cccs3)cc2)CC1.I. The highest BCUT2D eigenvalue weighted by molar-refractivity contribution is 14.0. The number of thiophene rings is 1. The molecule has 2 aromatic rings. The van der Waals surface area contributed by atoms with E-state index in [1.807, 2.05) is 0 Å². The molecule has 0 bridgehead atoms. The zero-order valence-corrected chi connectivity index (χ0v) is 19.8. The minimum absolute atomic E-state index is 0. The lowest BCUT2D eigenvalue weighted by Gasteiger charge is -2.20. The van der Waals surface area contributed by atoms with E-state index < -0.39 is 0 Å². The van der Waals surface area contributed by atoms with Crippen molar-refractivity contribution in [3.63, 3.8) is 0 Å². The molecule has 7 heteroatoms. The molecule has 0 saturated carbocycles. The van der Waals surface area contributed by atoms with Crippen molar-refractivity contribution in [2.24, 2.45) is 10.7 Å². The van der Waals surface area contributed by atoms with Gasteiger partial charge in [-0.05, 0) is 55.6 Å². The third kappa shape index (κ3) is 8.06. The molecule has 0 aliphatic carbocycles.